The number of aromatic amines is 1. The van der Waals surface area contributed by atoms with E-state index in [0.29, 0.717) is 0 Å². The molecule has 7 nitrogen and oxygen atoms in total. The summed E-state index contributed by atoms with van der Waals surface area (Å²) >= 11 is 0. The Bertz CT molecular complexity index is 566. The van der Waals surface area contributed by atoms with E-state index in [9.17, 15) is 5.11 Å². The number of hydrogen-bond donors (Lipinski definition) is 3. The molecular formula is C13H16N4O3. The highest BCUT2D eigenvalue weighted by atomic mass is 16.3. The van der Waals surface area contributed by atoms with Crippen LogP contribution >= 0.6 is 0 Å². The van der Waals surface area contributed by atoms with Crippen LogP contribution in [0.2, 0.25) is 0 Å². The van der Waals surface area contributed by atoms with E-state index in [-0.39, 0.29) is 18.6 Å². The number of aromatic nitrogens is 4. The van der Waals surface area contributed by atoms with Gasteiger partial charge >= 0.3 is 0 Å². The first kappa shape index (κ1) is 14.0. The number of aliphatic hydroxyl groups is 1. The van der Waals surface area contributed by atoms with Crippen molar-refractivity contribution in [2.24, 2.45) is 0 Å². The third-order valence-electron chi connectivity index (χ3n) is 3.32. The minimum Gasteiger partial charge on any atom is -0.483 e. The van der Waals surface area contributed by atoms with Gasteiger partial charge in [-0.05, 0) is 12.8 Å². The van der Waals surface area contributed by atoms with Gasteiger partial charge in [0.15, 0.2) is 11.6 Å². The van der Waals surface area contributed by atoms with Gasteiger partial charge in [0.2, 0.25) is 0 Å². The molecule has 106 valence electrons. The van der Waals surface area contributed by atoms with Crippen molar-refractivity contribution in [2.45, 2.75) is 18.4 Å². The molecule has 7 heteroatoms. The zero-order valence-electron chi connectivity index (χ0n) is 10.8. The summed E-state index contributed by atoms with van der Waals surface area (Å²) in [6, 6.07) is 0. The van der Waals surface area contributed by atoms with E-state index in [2.05, 4.69) is 27.1 Å². The summed E-state index contributed by atoms with van der Waals surface area (Å²) in [7, 11) is 0. The number of aliphatic hydroxyl groups excluding tert-OH is 1. The van der Waals surface area contributed by atoms with Gasteiger partial charge < -0.3 is 19.8 Å². The molecular weight excluding hydrogens is 260 g/mol. The lowest BCUT2D eigenvalue weighted by Gasteiger charge is -2.29. The summed E-state index contributed by atoms with van der Waals surface area (Å²) in [4.78, 5) is 20.0. The minimum atomic E-state index is -0.293. The van der Waals surface area contributed by atoms with Crippen LogP contribution < -0.4 is 0 Å². The average molecular weight is 276 g/mol. The second-order valence-electron chi connectivity index (χ2n) is 4.43. The van der Waals surface area contributed by atoms with Crippen molar-refractivity contribution in [1.82, 2.24) is 19.5 Å². The van der Waals surface area contributed by atoms with E-state index in [4.69, 9.17) is 9.90 Å². The number of nitrogens with zero attached hydrogens (tertiary/aromatic N) is 3. The molecule has 3 N–H and O–H groups in total. The van der Waals surface area contributed by atoms with Crippen LogP contribution in [0, 0.1) is 0 Å². The highest BCUT2D eigenvalue weighted by Gasteiger charge is 2.34. The van der Waals surface area contributed by atoms with Crippen LogP contribution in [-0.2, 0) is 10.3 Å². The minimum absolute atomic E-state index is 0.101. The van der Waals surface area contributed by atoms with Crippen LogP contribution in [0.1, 0.15) is 12.8 Å². The van der Waals surface area contributed by atoms with Crippen molar-refractivity contribution < 1.29 is 15.0 Å². The molecule has 0 spiro atoms. The maximum atomic E-state index is 9.69. The largest absolute Gasteiger partial charge is 0.483 e. The van der Waals surface area contributed by atoms with Crippen molar-refractivity contribution in [3.8, 4) is 11.6 Å². The maximum Gasteiger partial charge on any atom is 0.290 e. The molecule has 0 aromatic carbocycles. The molecule has 2 heterocycles. The van der Waals surface area contributed by atoms with Crippen LogP contribution in [0.25, 0.3) is 11.6 Å². The predicted molar refractivity (Wildman–Crippen MR) is 71.9 cm³/mol. The van der Waals surface area contributed by atoms with Crippen LogP contribution in [0.3, 0.4) is 0 Å². The zero-order chi connectivity index (χ0) is 14.4. The van der Waals surface area contributed by atoms with Gasteiger partial charge in [-0.15, -0.1) is 0 Å². The molecule has 0 saturated carbocycles. The Morgan fingerprint density at radius 2 is 2.05 bits per heavy atom. The van der Waals surface area contributed by atoms with Crippen molar-refractivity contribution in [1.29, 1.82) is 0 Å². The zero-order valence-corrected chi connectivity index (χ0v) is 10.8. The molecule has 1 aliphatic carbocycles. The summed E-state index contributed by atoms with van der Waals surface area (Å²) in [5.41, 5.74) is -0.293. The summed E-state index contributed by atoms with van der Waals surface area (Å²) in [5.74, 6) is 1.50. The van der Waals surface area contributed by atoms with E-state index in [0.717, 1.165) is 24.5 Å². The van der Waals surface area contributed by atoms with Gasteiger partial charge in [-0.25, -0.2) is 9.97 Å². The first-order valence-electron chi connectivity index (χ1n) is 6.14. The van der Waals surface area contributed by atoms with E-state index in [1.807, 2.05) is 10.8 Å². The second-order valence-corrected chi connectivity index (χ2v) is 4.43. The summed E-state index contributed by atoms with van der Waals surface area (Å²) in [5, 5.41) is 16.6. The Hall–Kier alpha value is -2.41. The fourth-order valence-electron chi connectivity index (χ4n) is 2.34. The van der Waals surface area contributed by atoms with Crippen molar-refractivity contribution in [3.63, 3.8) is 0 Å². The molecule has 1 aliphatic rings. The van der Waals surface area contributed by atoms with Gasteiger partial charge in [0.05, 0.1) is 12.1 Å². The molecule has 3 rings (SSSR count). The monoisotopic (exact) mass is 276 g/mol. The Morgan fingerprint density at radius 1 is 1.35 bits per heavy atom. The fraction of sp³-hybridized carbons (Fsp3) is 0.308. The van der Waals surface area contributed by atoms with Crippen LogP contribution in [0.4, 0.5) is 0 Å². The lowest BCUT2D eigenvalue weighted by molar-refractivity contribution is -0.122. The van der Waals surface area contributed by atoms with Crippen LogP contribution in [-0.4, -0.2) is 42.8 Å². The Kier molecular flexibility index (Phi) is 4.31. The molecule has 0 saturated heterocycles. The van der Waals surface area contributed by atoms with Gasteiger partial charge in [-0.3, -0.25) is 4.79 Å². The highest BCUT2D eigenvalue weighted by molar-refractivity contribution is 5.44. The smallest absolute Gasteiger partial charge is 0.290 e. The van der Waals surface area contributed by atoms with Crippen LogP contribution in [0.15, 0.2) is 36.9 Å². The van der Waals surface area contributed by atoms with Crippen LogP contribution in [0.5, 0.6) is 0 Å². The second kappa shape index (κ2) is 6.16. The Labute approximate surface area is 115 Å². The van der Waals surface area contributed by atoms with Crippen molar-refractivity contribution in [3.05, 3.63) is 36.9 Å². The average Bonchev–Trinajstić information content (AvgIpc) is 3.20. The fourth-order valence-corrected chi connectivity index (χ4v) is 2.34. The normalized spacial score (nSPS) is 15.7. The number of rotatable bonds is 3. The first-order chi connectivity index (χ1) is 9.77. The van der Waals surface area contributed by atoms with Crippen molar-refractivity contribution >= 4 is 6.47 Å². The number of allylic oxidation sites excluding steroid dienone is 2. The molecule has 0 atom stereocenters. The maximum absolute atomic E-state index is 9.69. The Balaban J connectivity index is 0.000000452. The first-order valence-corrected chi connectivity index (χ1v) is 6.14. The SMILES string of the molecule is O=CO.OCC1(n2ccnc2-c2ncc[nH]2)CC=CC1. The number of nitrogens with one attached hydrogen (secondary N) is 1. The third kappa shape index (κ3) is 2.48. The predicted octanol–water partition coefficient (Wildman–Crippen LogP) is 1.01. The molecule has 2 aromatic heterocycles. The number of hydrogen-bond acceptors (Lipinski definition) is 4. The molecule has 0 radical (unpaired) electrons. The molecule has 0 amide bonds. The topological polar surface area (TPSA) is 104 Å². The van der Waals surface area contributed by atoms with E-state index in [1.54, 1.807) is 18.6 Å². The molecule has 0 unspecified atom stereocenters. The number of carbonyl (C=O) groups is 1. The lowest BCUT2D eigenvalue weighted by atomic mass is 9.97. The standard InChI is InChI=1S/C12H14N4O.CH2O2/c17-9-12(3-1-2-4-12)16-8-7-15-11(16)10-13-5-6-14-10;2-1-3/h1-2,5-8,17H,3-4,9H2,(H,13,14);1H,(H,2,3). The van der Waals surface area contributed by atoms with E-state index in [1.165, 1.54) is 0 Å². The third-order valence-corrected chi connectivity index (χ3v) is 3.32. The summed E-state index contributed by atoms with van der Waals surface area (Å²) in [6.45, 7) is -0.149. The lowest BCUT2D eigenvalue weighted by Crippen LogP contribution is -2.35. The van der Waals surface area contributed by atoms with Gasteiger partial charge in [-0.2, -0.15) is 0 Å². The Morgan fingerprint density at radius 3 is 2.60 bits per heavy atom. The summed E-state index contributed by atoms with van der Waals surface area (Å²) in [6.07, 6.45) is 13.0. The molecule has 0 aliphatic heterocycles. The molecule has 0 fully saturated rings. The van der Waals surface area contributed by atoms with Gasteiger partial charge in [0, 0.05) is 24.8 Å². The van der Waals surface area contributed by atoms with Gasteiger partial charge in [-0.1, -0.05) is 12.2 Å². The van der Waals surface area contributed by atoms with E-state index >= 15 is 0 Å². The van der Waals surface area contributed by atoms with Crippen molar-refractivity contribution in [2.75, 3.05) is 6.61 Å². The quantitative estimate of drug-likeness (QED) is 0.573. The number of carboxylic acid groups (broad SMARTS) is 1. The molecule has 0 bridgehead atoms. The van der Waals surface area contributed by atoms with E-state index < -0.39 is 0 Å². The molecule has 2 aromatic rings. The number of imidazole rings is 2. The number of H-pyrrole nitrogens is 1. The van der Waals surface area contributed by atoms with Gasteiger partial charge in [0.1, 0.15) is 0 Å². The summed E-state index contributed by atoms with van der Waals surface area (Å²) < 4.78 is 2.02. The van der Waals surface area contributed by atoms with Gasteiger partial charge in [0.25, 0.3) is 6.47 Å². The molecule has 20 heavy (non-hydrogen) atoms. The highest BCUT2D eigenvalue weighted by Crippen LogP contribution is 2.34.